The van der Waals surface area contributed by atoms with Crippen molar-refractivity contribution in [1.82, 2.24) is 9.38 Å². The van der Waals surface area contributed by atoms with Gasteiger partial charge in [0.25, 0.3) is 11.5 Å². The molecule has 0 atom stereocenters. The lowest BCUT2D eigenvalue weighted by atomic mass is 10.1. The van der Waals surface area contributed by atoms with Gasteiger partial charge in [-0.1, -0.05) is 36.4 Å². The van der Waals surface area contributed by atoms with E-state index in [0.29, 0.717) is 10.7 Å². The molecule has 1 amide bonds. The van der Waals surface area contributed by atoms with Crippen LogP contribution in [0, 0.1) is 0 Å². The van der Waals surface area contributed by atoms with Gasteiger partial charge in [0.15, 0.2) is 4.96 Å². The summed E-state index contributed by atoms with van der Waals surface area (Å²) in [5.74, 6) is -0.832. The fourth-order valence-corrected chi connectivity index (χ4v) is 3.69. The van der Waals surface area contributed by atoms with Gasteiger partial charge in [-0.05, 0) is 23.8 Å². The minimum atomic E-state index is -4.54. The van der Waals surface area contributed by atoms with Crippen molar-refractivity contribution in [2.24, 2.45) is 0 Å². The van der Waals surface area contributed by atoms with E-state index < -0.39 is 23.2 Å². The summed E-state index contributed by atoms with van der Waals surface area (Å²) >= 11 is 1.25. The lowest BCUT2D eigenvalue weighted by molar-refractivity contribution is -0.137. The van der Waals surface area contributed by atoms with Crippen LogP contribution < -0.4 is 10.9 Å². The van der Waals surface area contributed by atoms with Crippen LogP contribution in [0.1, 0.15) is 15.9 Å². The van der Waals surface area contributed by atoms with Crippen LogP contribution in [0.3, 0.4) is 0 Å². The third kappa shape index (κ3) is 3.64. The average molecular weight is 415 g/mol. The Morgan fingerprint density at radius 3 is 2.55 bits per heavy atom. The van der Waals surface area contributed by atoms with Gasteiger partial charge in [0.05, 0.1) is 11.3 Å². The number of benzene rings is 2. The number of amides is 1. The molecule has 4 aromatic rings. The number of carbonyl (C=O) groups excluding carboxylic acids is 1. The van der Waals surface area contributed by atoms with E-state index in [4.69, 9.17) is 0 Å². The van der Waals surface area contributed by atoms with Gasteiger partial charge in [0, 0.05) is 17.3 Å². The molecule has 2 aromatic heterocycles. The molecular formula is C20H12F3N3O2S. The monoisotopic (exact) mass is 415 g/mol. The first-order valence-electron chi connectivity index (χ1n) is 8.38. The van der Waals surface area contributed by atoms with E-state index in [1.165, 1.54) is 27.9 Å². The molecule has 9 heteroatoms. The van der Waals surface area contributed by atoms with Crippen molar-refractivity contribution in [2.45, 2.75) is 6.18 Å². The van der Waals surface area contributed by atoms with Crippen molar-refractivity contribution >= 4 is 27.9 Å². The number of alkyl halides is 3. The molecular weight excluding hydrogens is 403 g/mol. The molecule has 0 fully saturated rings. The van der Waals surface area contributed by atoms with Gasteiger partial charge in [0.1, 0.15) is 5.56 Å². The van der Waals surface area contributed by atoms with E-state index in [2.05, 4.69) is 10.3 Å². The van der Waals surface area contributed by atoms with Crippen LogP contribution in [-0.4, -0.2) is 15.3 Å². The van der Waals surface area contributed by atoms with Gasteiger partial charge in [-0.3, -0.25) is 14.0 Å². The first kappa shape index (κ1) is 18.9. The van der Waals surface area contributed by atoms with Gasteiger partial charge in [-0.15, -0.1) is 11.3 Å². The maximum atomic E-state index is 12.9. The topological polar surface area (TPSA) is 63.5 Å². The molecule has 0 saturated carbocycles. The summed E-state index contributed by atoms with van der Waals surface area (Å²) in [5.41, 5.74) is -0.474. The Labute approximate surface area is 166 Å². The molecule has 2 heterocycles. The second-order valence-electron chi connectivity index (χ2n) is 6.11. The van der Waals surface area contributed by atoms with Crippen molar-refractivity contribution in [3.8, 4) is 11.3 Å². The predicted molar refractivity (Wildman–Crippen MR) is 104 cm³/mol. The van der Waals surface area contributed by atoms with Crippen molar-refractivity contribution in [2.75, 3.05) is 5.32 Å². The number of nitrogens with zero attached hydrogens (tertiary/aromatic N) is 2. The van der Waals surface area contributed by atoms with E-state index in [9.17, 15) is 22.8 Å². The third-order valence-electron chi connectivity index (χ3n) is 4.21. The van der Waals surface area contributed by atoms with Gasteiger partial charge < -0.3 is 5.32 Å². The molecule has 0 spiro atoms. The molecule has 0 aliphatic heterocycles. The number of nitrogens with one attached hydrogen (secondary N) is 1. The molecule has 29 heavy (non-hydrogen) atoms. The minimum Gasteiger partial charge on any atom is -0.322 e. The van der Waals surface area contributed by atoms with E-state index in [-0.39, 0.29) is 11.3 Å². The summed E-state index contributed by atoms with van der Waals surface area (Å²) in [4.78, 5) is 30.1. The maximum absolute atomic E-state index is 12.9. The van der Waals surface area contributed by atoms with Crippen molar-refractivity contribution < 1.29 is 18.0 Å². The summed E-state index contributed by atoms with van der Waals surface area (Å²) in [5, 5.41) is 4.10. The van der Waals surface area contributed by atoms with Crippen molar-refractivity contribution in [1.29, 1.82) is 0 Å². The number of fused-ring (bicyclic) bond motifs is 1. The molecule has 0 saturated heterocycles. The van der Waals surface area contributed by atoms with Gasteiger partial charge in [-0.2, -0.15) is 13.2 Å². The van der Waals surface area contributed by atoms with E-state index in [1.807, 2.05) is 30.3 Å². The molecule has 4 rings (SSSR count). The highest BCUT2D eigenvalue weighted by molar-refractivity contribution is 7.15. The number of rotatable bonds is 3. The van der Waals surface area contributed by atoms with Crippen LogP contribution in [0.2, 0.25) is 0 Å². The van der Waals surface area contributed by atoms with Gasteiger partial charge in [0.2, 0.25) is 0 Å². The second kappa shape index (κ2) is 7.17. The highest BCUT2D eigenvalue weighted by Crippen LogP contribution is 2.30. The smallest absolute Gasteiger partial charge is 0.322 e. The molecule has 2 aromatic carbocycles. The molecule has 146 valence electrons. The quantitative estimate of drug-likeness (QED) is 0.528. The fraction of sp³-hybridized carbons (Fsp3) is 0.0500. The summed E-state index contributed by atoms with van der Waals surface area (Å²) in [6.07, 6.45) is -3.41. The zero-order valence-corrected chi connectivity index (χ0v) is 15.4. The first-order chi connectivity index (χ1) is 13.8. The minimum absolute atomic E-state index is 0.0667. The average Bonchev–Trinajstić information content (AvgIpc) is 3.13. The van der Waals surface area contributed by atoms with Gasteiger partial charge >= 0.3 is 6.18 Å². The summed E-state index contributed by atoms with van der Waals surface area (Å²) < 4.78 is 39.9. The third-order valence-corrected chi connectivity index (χ3v) is 5.05. The Morgan fingerprint density at radius 1 is 1.07 bits per heavy atom. The molecule has 0 aliphatic rings. The normalized spacial score (nSPS) is 11.6. The Hall–Kier alpha value is -3.46. The lowest BCUT2D eigenvalue weighted by Crippen LogP contribution is -2.26. The number of hydrogen-bond acceptors (Lipinski definition) is 4. The Morgan fingerprint density at radius 2 is 1.83 bits per heavy atom. The summed E-state index contributed by atoms with van der Waals surface area (Å²) in [6, 6.07) is 13.3. The van der Waals surface area contributed by atoms with E-state index in [1.54, 1.807) is 5.38 Å². The van der Waals surface area contributed by atoms with Crippen LogP contribution in [-0.2, 0) is 6.18 Å². The zero-order valence-electron chi connectivity index (χ0n) is 14.6. The predicted octanol–water partition coefficient (Wildman–Crippen LogP) is 4.69. The number of anilines is 1. The standard InChI is InChI=1S/C20H12F3N3O2S/c21-20(22,23)13-7-4-8-14(9-13)25-17(27)15-10-24-19-26(18(15)28)16(11-29-19)12-5-2-1-3-6-12/h1-11H,(H,25,27). The zero-order chi connectivity index (χ0) is 20.6. The van der Waals surface area contributed by atoms with Gasteiger partial charge in [-0.25, -0.2) is 4.98 Å². The lowest BCUT2D eigenvalue weighted by Gasteiger charge is -2.10. The molecule has 0 radical (unpaired) electrons. The number of aromatic nitrogens is 2. The SMILES string of the molecule is O=C(Nc1cccc(C(F)(F)F)c1)c1cnc2scc(-c3ccccc3)n2c1=O. The molecule has 0 unspecified atom stereocenters. The van der Waals surface area contributed by atoms with Crippen LogP contribution in [0.4, 0.5) is 18.9 Å². The number of halogens is 3. The number of thiazole rings is 1. The van der Waals surface area contributed by atoms with E-state index >= 15 is 0 Å². The molecule has 1 N–H and O–H groups in total. The van der Waals surface area contributed by atoms with Crippen LogP contribution in [0.15, 0.2) is 71.0 Å². The van der Waals surface area contributed by atoms with Crippen LogP contribution in [0.5, 0.6) is 0 Å². The van der Waals surface area contributed by atoms with Crippen molar-refractivity contribution in [3.05, 3.63) is 87.7 Å². The highest BCUT2D eigenvalue weighted by Gasteiger charge is 2.30. The number of carbonyl (C=O) groups is 1. The highest BCUT2D eigenvalue weighted by atomic mass is 32.1. The first-order valence-corrected chi connectivity index (χ1v) is 9.26. The van der Waals surface area contributed by atoms with E-state index in [0.717, 1.165) is 23.9 Å². The Bertz CT molecular complexity index is 1260. The molecule has 0 aliphatic carbocycles. The Balaban J connectivity index is 1.72. The van der Waals surface area contributed by atoms with Crippen molar-refractivity contribution in [3.63, 3.8) is 0 Å². The Kier molecular flexibility index (Phi) is 4.67. The molecule has 5 nitrogen and oxygen atoms in total. The second-order valence-corrected chi connectivity index (χ2v) is 6.95. The fourth-order valence-electron chi connectivity index (χ4n) is 2.83. The van der Waals surface area contributed by atoms with Crippen LogP contribution >= 0.6 is 11.3 Å². The summed E-state index contributed by atoms with van der Waals surface area (Å²) in [7, 11) is 0. The summed E-state index contributed by atoms with van der Waals surface area (Å²) in [6.45, 7) is 0. The largest absolute Gasteiger partial charge is 0.416 e. The van der Waals surface area contributed by atoms with Crippen LogP contribution in [0.25, 0.3) is 16.2 Å². The maximum Gasteiger partial charge on any atom is 0.416 e. The number of hydrogen-bond donors (Lipinski definition) is 1. The molecule has 0 bridgehead atoms.